The molecule has 1 aliphatic heterocycles. The second-order valence-electron chi connectivity index (χ2n) is 4.40. The zero-order valence-electron chi connectivity index (χ0n) is 7.98. The Hall–Kier alpha value is -0.0800. The molecular weight excluding hydrogens is 138 g/mol. The third-order valence-corrected chi connectivity index (χ3v) is 2.17. The molecule has 11 heavy (non-hydrogen) atoms. The highest BCUT2D eigenvalue weighted by atomic mass is 16.5. The predicted molar refractivity (Wildman–Crippen MR) is 46.7 cm³/mol. The van der Waals surface area contributed by atoms with Gasteiger partial charge in [-0.3, -0.25) is 0 Å². The Morgan fingerprint density at radius 3 is 2.36 bits per heavy atom. The molecule has 0 aromatic carbocycles. The molecule has 2 atom stereocenters. The molecule has 0 spiro atoms. The number of hydrogen-bond donors (Lipinski definition) is 1. The van der Waals surface area contributed by atoms with Crippen molar-refractivity contribution in [3.63, 3.8) is 0 Å². The summed E-state index contributed by atoms with van der Waals surface area (Å²) < 4.78 is 5.69. The standard InChI is InChI=1S/C9H19NO/c1-7-8(9(2,3)4)11-6-5-10-7/h7-8,10H,5-6H2,1-4H3. The largest absolute Gasteiger partial charge is 0.375 e. The summed E-state index contributed by atoms with van der Waals surface area (Å²) in [6.45, 7) is 10.7. The molecule has 66 valence electrons. The van der Waals surface area contributed by atoms with Crippen molar-refractivity contribution in [2.24, 2.45) is 5.41 Å². The molecule has 1 N–H and O–H groups in total. The maximum atomic E-state index is 5.69. The molecule has 0 aromatic heterocycles. The fourth-order valence-corrected chi connectivity index (χ4v) is 1.72. The maximum Gasteiger partial charge on any atom is 0.0774 e. The highest BCUT2D eigenvalue weighted by Gasteiger charge is 2.32. The summed E-state index contributed by atoms with van der Waals surface area (Å²) in [5, 5.41) is 3.41. The van der Waals surface area contributed by atoms with Crippen LogP contribution in [0.1, 0.15) is 27.7 Å². The maximum absolute atomic E-state index is 5.69. The lowest BCUT2D eigenvalue weighted by molar-refractivity contribution is -0.0605. The summed E-state index contributed by atoms with van der Waals surface area (Å²) in [7, 11) is 0. The average Bonchev–Trinajstić information content (AvgIpc) is 1.86. The van der Waals surface area contributed by atoms with E-state index in [1.807, 2.05) is 0 Å². The third kappa shape index (κ3) is 2.17. The van der Waals surface area contributed by atoms with Crippen LogP contribution in [0.3, 0.4) is 0 Å². The Bertz CT molecular complexity index is 128. The topological polar surface area (TPSA) is 21.3 Å². The molecule has 0 saturated carbocycles. The van der Waals surface area contributed by atoms with Crippen molar-refractivity contribution < 1.29 is 4.74 Å². The smallest absolute Gasteiger partial charge is 0.0774 e. The van der Waals surface area contributed by atoms with E-state index in [1.54, 1.807) is 0 Å². The minimum atomic E-state index is 0.257. The van der Waals surface area contributed by atoms with Gasteiger partial charge in [0.15, 0.2) is 0 Å². The van der Waals surface area contributed by atoms with Crippen molar-refractivity contribution in [1.29, 1.82) is 0 Å². The van der Waals surface area contributed by atoms with E-state index < -0.39 is 0 Å². The van der Waals surface area contributed by atoms with Gasteiger partial charge in [0.2, 0.25) is 0 Å². The monoisotopic (exact) mass is 157 g/mol. The van der Waals surface area contributed by atoms with Crippen LogP contribution in [-0.2, 0) is 4.74 Å². The van der Waals surface area contributed by atoms with Crippen molar-refractivity contribution in [1.82, 2.24) is 5.32 Å². The van der Waals surface area contributed by atoms with Gasteiger partial charge in [0.05, 0.1) is 12.7 Å². The lowest BCUT2D eigenvalue weighted by Gasteiger charge is -2.39. The number of nitrogens with one attached hydrogen (secondary N) is 1. The second kappa shape index (κ2) is 3.11. The van der Waals surface area contributed by atoms with Crippen LogP contribution < -0.4 is 5.32 Å². The Balaban J connectivity index is 2.55. The van der Waals surface area contributed by atoms with E-state index in [0.29, 0.717) is 12.1 Å². The number of ether oxygens (including phenoxy) is 1. The normalized spacial score (nSPS) is 33.8. The highest BCUT2D eigenvalue weighted by molar-refractivity contribution is 4.85. The van der Waals surface area contributed by atoms with Gasteiger partial charge in [-0.25, -0.2) is 0 Å². The van der Waals surface area contributed by atoms with E-state index >= 15 is 0 Å². The van der Waals surface area contributed by atoms with Gasteiger partial charge < -0.3 is 10.1 Å². The van der Waals surface area contributed by atoms with Gasteiger partial charge in [-0.2, -0.15) is 0 Å². The molecule has 2 unspecified atom stereocenters. The first kappa shape index (κ1) is 9.01. The number of rotatable bonds is 0. The summed E-state index contributed by atoms with van der Waals surface area (Å²) >= 11 is 0. The van der Waals surface area contributed by atoms with Crippen molar-refractivity contribution in [3.8, 4) is 0 Å². The minimum absolute atomic E-state index is 0.257. The summed E-state index contributed by atoms with van der Waals surface area (Å²) in [4.78, 5) is 0. The summed E-state index contributed by atoms with van der Waals surface area (Å²) in [5.74, 6) is 0. The Kier molecular flexibility index (Phi) is 2.55. The first-order chi connectivity index (χ1) is 5.02. The Morgan fingerprint density at radius 1 is 1.36 bits per heavy atom. The van der Waals surface area contributed by atoms with Crippen LogP contribution in [0.2, 0.25) is 0 Å². The molecule has 0 amide bonds. The predicted octanol–water partition coefficient (Wildman–Crippen LogP) is 1.41. The van der Waals surface area contributed by atoms with Crippen LogP contribution in [0.4, 0.5) is 0 Å². The van der Waals surface area contributed by atoms with Crippen LogP contribution in [0, 0.1) is 5.41 Å². The Morgan fingerprint density at radius 2 is 2.00 bits per heavy atom. The van der Waals surface area contributed by atoms with Gasteiger partial charge in [0.25, 0.3) is 0 Å². The van der Waals surface area contributed by atoms with Gasteiger partial charge in [-0.15, -0.1) is 0 Å². The van der Waals surface area contributed by atoms with E-state index in [2.05, 4.69) is 33.0 Å². The van der Waals surface area contributed by atoms with Gasteiger partial charge in [0, 0.05) is 12.6 Å². The fourth-order valence-electron chi connectivity index (χ4n) is 1.72. The molecule has 1 fully saturated rings. The van der Waals surface area contributed by atoms with Gasteiger partial charge >= 0.3 is 0 Å². The van der Waals surface area contributed by atoms with Crippen LogP contribution >= 0.6 is 0 Å². The molecule has 0 aromatic rings. The highest BCUT2D eigenvalue weighted by Crippen LogP contribution is 2.26. The van der Waals surface area contributed by atoms with Crippen LogP contribution in [-0.4, -0.2) is 25.3 Å². The third-order valence-electron chi connectivity index (χ3n) is 2.17. The fraction of sp³-hybridized carbons (Fsp3) is 1.00. The van der Waals surface area contributed by atoms with Gasteiger partial charge in [-0.1, -0.05) is 20.8 Å². The molecular formula is C9H19NO. The van der Waals surface area contributed by atoms with E-state index in [0.717, 1.165) is 13.2 Å². The van der Waals surface area contributed by atoms with E-state index in [1.165, 1.54) is 0 Å². The van der Waals surface area contributed by atoms with Crippen molar-refractivity contribution in [3.05, 3.63) is 0 Å². The van der Waals surface area contributed by atoms with E-state index in [4.69, 9.17) is 4.74 Å². The van der Waals surface area contributed by atoms with Crippen LogP contribution in [0.15, 0.2) is 0 Å². The first-order valence-electron chi connectivity index (χ1n) is 4.37. The summed E-state index contributed by atoms with van der Waals surface area (Å²) in [6.07, 6.45) is 0.358. The molecule has 0 radical (unpaired) electrons. The molecule has 0 aliphatic carbocycles. The molecule has 1 rings (SSSR count). The average molecular weight is 157 g/mol. The molecule has 1 saturated heterocycles. The van der Waals surface area contributed by atoms with Gasteiger partial charge in [-0.05, 0) is 12.3 Å². The molecule has 1 heterocycles. The SMILES string of the molecule is CC1NCCOC1C(C)(C)C. The van der Waals surface area contributed by atoms with Crippen molar-refractivity contribution in [2.75, 3.05) is 13.2 Å². The lowest BCUT2D eigenvalue weighted by Crippen LogP contribution is -2.52. The summed E-state index contributed by atoms with van der Waals surface area (Å²) in [5.41, 5.74) is 0.257. The van der Waals surface area contributed by atoms with Gasteiger partial charge in [0.1, 0.15) is 0 Å². The van der Waals surface area contributed by atoms with E-state index in [9.17, 15) is 0 Å². The van der Waals surface area contributed by atoms with E-state index in [-0.39, 0.29) is 5.41 Å². The zero-order chi connectivity index (χ0) is 8.48. The number of hydrogen-bond acceptors (Lipinski definition) is 2. The molecule has 1 aliphatic rings. The first-order valence-corrected chi connectivity index (χ1v) is 4.37. The van der Waals surface area contributed by atoms with Crippen molar-refractivity contribution in [2.45, 2.75) is 39.8 Å². The van der Waals surface area contributed by atoms with Crippen LogP contribution in [0.5, 0.6) is 0 Å². The second-order valence-corrected chi connectivity index (χ2v) is 4.40. The molecule has 0 bridgehead atoms. The minimum Gasteiger partial charge on any atom is -0.375 e. The van der Waals surface area contributed by atoms with Crippen LogP contribution in [0.25, 0.3) is 0 Å². The Labute approximate surface area is 69.3 Å². The van der Waals surface area contributed by atoms with Crippen molar-refractivity contribution >= 4 is 0 Å². The molecule has 2 heteroatoms. The molecule has 2 nitrogen and oxygen atoms in total. The number of morpholine rings is 1. The zero-order valence-corrected chi connectivity index (χ0v) is 7.98. The quantitative estimate of drug-likeness (QED) is 0.574. The lowest BCUT2D eigenvalue weighted by atomic mass is 9.84. The summed E-state index contributed by atoms with van der Waals surface area (Å²) in [6, 6.07) is 0.490.